The van der Waals surface area contributed by atoms with Crippen LogP contribution in [-0.4, -0.2) is 17.9 Å². The minimum absolute atomic E-state index is 0.149. The summed E-state index contributed by atoms with van der Waals surface area (Å²) in [4.78, 5) is 28.1. The van der Waals surface area contributed by atoms with Gasteiger partial charge in [0.2, 0.25) is 5.91 Å². The SMILES string of the molecule is O=C1C[C@@H]([NH+](Cc2ccccc2)Cc2ccco2)C(=O)N1c1ccccc1. The first-order chi connectivity index (χ1) is 13.2. The summed E-state index contributed by atoms with van der Waals surface area (Å²) >= 11 is 0. The number of carbonyl (C=O) groups excluding carboxylic acids is 2. The molecule has 0 spiro atoms. The van der Waals surface area contributed by atoms with E-state index in [0.29, 0.717) is 18.8 Å². The number of amides is 2. The fraction of sp³-hybridized carbons (Fsp3) is 0.182. The van der Waals surface area contributed by atoms with Crippen molar-refractivity contribution in [3.63, 3.8) is 0 Å². The van der Waals surface area contributed by atoms with Crippen LogP contribution in [0.1, 0.15) is 17.7 Å². The van der Waals surface area contributed by atoms with E-state index >= 15 is 0 Å². The monoisotopic (exact) mass is 361 g/mol. The standard InChI is InChI=1S/C22H20N2O3/c25-21-14-20(22(26)24(21)18-10-5-2-6-11-18)23(16-19-12-7-13-27-19)15-17-8-3-1-4-9-17/h1-13,20H,14-16H2/p+1/t20-/m1/s1. The molecule has 2 amide bonds. The van der Waals surface area contributed by atoms with Gasteiger partial charge >= 0.3 is 0 Å². The van der Waals surface area contributed by atoms with Gasteiger partial charge in [-0.2, -0.15) is 0 Å². The molecule has 1 unspecified atom stereocenters. The van der Waals surface area contributed by atoms with Crippen LogP contribution in [0.15, 0.2) is 83.5 Å². The highest BCUT2D eigenvalue weighted by Gasteiger charge is 2.45. The van der Waals surface area contributed by atoms with E-state index in [1.54, 1.807) is 18.4 Å². The van der Waals surface area contributed by atoms with Crippen molar-refractivity contribution in [3.05, 3.63) is 90.4 Å². The van der Waals surface area contributed by atoms with Gasteiger partial charge < -0.3 is 9.32 Å². The lowest BCUT2D eigenvalue weighted by Gasteiger charge is -2.24. The molecule has 2 aromatic carbocycles. The number of anilines is 1. The molecule has 4 rings (SSSR count). The van der Waals surface area contributed by atoms with E-state index in [9.17, 15) is 9.59 Å². The Bertz CT molecular complexity index is 907. The van der Waals surface area contributed by atoms with E-state index in [1.807, 2.05) is 60.7 Å². The number of nitrogens with zero attached hydrogens (tertiary/aromatic N) is 1. The van der Waals surface area contributed by atoms with E-state index in [4.69, 9.17) is 4.42 Å². The van der Waals surface area contributed by atoms with Gasteiger partial charge in [0.15, 0.2) is 11.8 Å². The number of nitrogens with one attached hydrogen (secondary N) is 1. The number of carbonyl (C=O) groups is 2. The van der Waals surface area contributed by atoms with Gasteiger partial charge in [0, 0.05) is 5.56 Å². The lowest BCUT2D eigenvalue weighted by Crippen LogP contribution is -3.14. The van der Waals surface area contributed by atoms with Crippen molar-refractivity contribution in [2.45, 2.75) is 25.6 Å². The Balaban J connectivity index is 1.61. The third-order valence-electron chi connectivity index (χ3n) is 4.91. The molecule has 1 aromatic heterocycles. The van der Waals surface area contributed by atoms with Crippen molar-refractivity contribution in [3.8, 4) is 0 Å². The Kier molecular flexibility index (Phi) is 4.85. The van der Waals surface area contributed by atoms with Crippen molar-refractivity contribution >= 4 is 17.5 Å². The van der Waals surface area contributed by atoms with E-state index in [-0.39, 0.29) is 18.2 Å². The molecule has 0 saturated carbocycles. The molecule has 3 aromatic rings. The molecule has 2 atom stereocenters. The number of para-hydroxylation sites is 1. The summed E-state index contributed by atoms with van der Waals surface area (Å²) in [5.74, 6) is 0.504. The van der Waals surface area contributed by atoms with Crippen LogP contribution in [0, 0.1) is 0 Å². The molecule has 136 valence electrons. The molecule has 1 aliphatic heterocycles. The Labute approximate surface area is 157 Å². The number of hydrogen-bond acceptors (Lipinski definition) is 3. The number of benzene rings is 2. The Morgan fingerprint density at radius 2 is 1.59 bits per heavy atom. The van der Waals surface area contributed by atoms with Crippen LogP contribution in [0.5, 0.6) is 0 Å². The first-order valence-electron chi connectivity index (χ1n) is 9.05. The highest BCUT2D eigenvalue weighted by Crippen LogP contribution is 2.21. The van der Waals surface area contributed by atoms with E-state index < -0.39 is 6.04 Å². The Hall–Kier alpha value is -3.18. The number of imide groups is 1. The number of hydrogen-bond donors (Lipinski definition) is 1. The van der Waals surface area contributed by atoms with Crippen molar-refractivity contribution in [2.24, 2.45) is 0 Å². The van der Waals surface area contributed by atoms with Gasteiger partial charge in [-0.1, -0.05) is 48.5 Å². The van der Waals surface area contributed by atoms with Crippen LogP contribution in [0.2, 0.25) is 0 Å². The van der Waals surface area contributed by atoms with Gasteiger partial charge in [0.25, 0.3) is 5.91 Å². The fourth-order valence-electron chi connectivity index (χ4n) is 3.60. The van der Waals surface area contributed by atoms with Crippen LogP contribution in [0.4, 0.5) is 5.69 Å². The third kappa shape index (κ3) is 3.68. The Morgan fingerprint density at radius 1 is 0.889 bits per heavy atom. The van der Waals surface area contributed by atoms with Gasteiger partial charge in [-0.05, 0) is 24.3 Å². The van der Waals surface area contributed by atoms with Crippen LogP contribution in [0.25, 0.3) is 0 Å². The zero-order chi connectivity index (χ0) is 18.6. The molecule has 5 nitrogen and oxygen atoms in total. The van der Waals surface area contributed by atoms with E-state index in [1.165, 1.54) is 4.90 Å². The molecule has 5 heteroatoms. The minimum atomic E-state index is -0.428. The summed E-state index contributed by atoms with van der Waals surface area (Å²) in [6, 6.07) is 22.5. The molecule has 0 radical (unpaired) electrons. The molecule has 1 N–H and O–H groups in total. The molecule has 2 heterocycles. The Morgan fingerprint density at radius 3 is 2.26 bits per heavy atom. The van der Waals surface area contributed by atoms with Crippen LogP contribution in [-0.2, 0) is 22.7 Å². The molecular formula is C22H21N2O3+. The molecule has 1 saturated heterocycles. The molecule has 0 bridgehead atoms. The van der Waals surface area contributed by atoms with Gasteiger partial charge in [-0.15, -0.1) is 0 Å². The average Bonchev–Trinajstić information content (AvgIpc) is 3.30. The predicted molar refractivity (Wildman–Crippen MR) is 101 cm³/mol. The summed E-state index contributed by atoms with van der Waals surface area (Å²) < 4.78 is 5.50. The van der Waals surface area contributed by atoms with Crippen LogP contribution in [0.3, 0.4) is 0 Å². The van der Waals surface area contributed by atoms with Gasteiger partial charge in [0.1, 0.15) is 13.1 Å². The number of quaternary nitrogens is 1. The zero-order valence-corrected chi connectivity index (χ0v) is 14.9. The molecule has 1 aliphatic rings. The zero-order valence-electron chi connectivity index (χ0n) is 14.9. The molecule has 1 fully saturated rings. The smallest absolute Gasteiger partial charge is 0.292 e. The maximum Gasteiger partial charge on any atom is 0.292 e. The van der Waals surface area contributed by atoms with Crippen molar-refractivity contribution in [2.75, 3.05) is 4.90 Å². The van der Waals surface area contributed by atoms with Crippen molar-refractivity contribution in [1.82, 2.24) is 0 Å². The molecule has 27 heavy (non-hydrogen) atoms. The first-order valence-corrected chi connectivity index (χ1v) is 9.05. The number of rotatable bonds is 6. The second kappa shape index (κ2) is 7.60. The normalized spacial score (nSPS) is 18.1. The van der Waals surface area contributed by atoms with Crippen LogP contribution < -0.4 is 9.80 Å². The fourth-order valence-corrected chi connectivity index (χ4v) is 3.60. The predicted octanol–water partition coefficient (Wildman–Crippen LogP) is 2.20. The van der Waals surface area contributed by atoms with Gasteiger partial charge in [-0.3, -0.25) is 9.59 Å². The maximum atomic E-state index is 13.1. The van der Waals surface area contributed by atoms with Gasteiger partial charge in [0.05, 0.1) is 18.4 Å². The molecular weight excluding hydrogens is 340 g/mol. The summed E-state index contributed by atoms with van der Waals surface area (Å²) in [6.45, 7) is 1.20. The van der Waals surface area contributed by atoms with Crippen molar-refractivity contribution in [1.29, 1.82) is 0 Å². The number of furan rings is 1. The third-order valence-corrected chi connectivity index (χ3v) is 4.91. The van der Waals surface area contributed by atoms with Gasteiger partial charge in [-0.25, -0.2) is 4.90 Å². The van der Waals surface area contributed by atoms with Crippen LogP contribution >= 0.6 is 0 Å². The highest BCUT2D eigenvalue weighted by molar-refractivity contribution is 6.21. The molecule has 0 aliphatic carbocycles. The second-order valence-corrected chi connectivity index (χ2v) is 6.74. The highest BCUT2D eigenvalue weighted by atomic mass is 16.3. The summed E-state index contributed by atoms with van der Waals surface area (Å²) in [5, 5.41) is 0. The van der Waals surface area contributed by atoms with E-state index in [2.05, 4.69) is 0 Å². The largest absolute Gasteiger partial charge is 0.463 e. The summed E-state index contributed by atoms with van der Waals surface area (Å²) in [7, 11) is 0. The summed E-state index contributed by atoms with van der Waals surface area (Å²) in [6.07, 6.45) is 1.84. The average molecular weight is 361 g/mol. The second-order valence-electron chi connectivity index (χ2n) is 6.74. The quantitative estimate of drug-likeness (QED) is 0.685. The minimum Gasteiger partial charge on any atom is -0.463 e. The maximum absolute atomic E-state index is 13.1. The van der Waals surface area contributed by atoms with E-state index in [0.717, 1.165) is 16.2 Å². The lowest BCUT2D eigenvalue weighted by molar-refractivity contribution is -0.942. The topological polar surface area (TPSA) is 55.0 Å². The summed E-state index contributed by atoms with van der Waals surface area (Å²) in [5.41, 5.74) is 1.75. The first kappa shape index (κ1) is 17.2. The lowest BCUT2D eigenvalue weighted by atomic mass is 10.1. The van der Waals surface area contributed by atoms with Crippen molar-refractivity contribution < 1.29 is 18.9 Å².